The lowest BCUT2D eigenvalue weighted by Gasteiger charge is -2.31. The van der Waals surface area contributed by atoms with Gasteiger partial charge >= 0.3 is 5.97 Å². The maximum atomic E-state index is 12.2. The Bertz CT molecular complexity index is 459. The van der Waals surface area contributed by atoms with E-state index in [1.165, 1.54) is 6.20 Å². The molecule has 0 aromatic carbocycles. The molecule has 1 unspecified atom stereocenters. The number of ether oxygens (including phenoxy) is 1. The minimum Gasteiger partial charge on any atom is -0.458 e. The number of anilines is 1. The van der Waals surface area contributed by atoms with Crippen LogP contribution in [0.15, 0.2) is 12.3 Å². The van der Waals surface area contributed by atoms with Crippen LogP contribution >= 0.6 is 11.6 Å². The van der Waals surface area contributed by atoms with E-state index >= 15 is 0 Å². The third-order valence-corrected chi connectivity index (χ3v) is 2.77. The smallest absolute Gasteiger partial charge is 0.332 e. The van der Waals surface area contributed by atoms with Crippen molar-refractivity contribution in [2.75, 3.05) is 5.32 Å². The van der Waals surface area contributed by atoms with E-state index in [9.17, 15) is 4.79 Å². The lowest BCUT2D eigenvalue weighted by molar-refractivity contribution is -0.160. The second-order valence-electron chi connectivity index (χ2n) is 5.52. The molecule has 0 spiro atoms. The van der Waals surface area contributed by atoms with Gasteiger partial charge in [0.1, 0.15) is 17.0 Å². The van der Waals surface area contributed by atoms with Gasteiger partial charge in [0.05, 0.1) is 0 Å². The molecule has 1 aromatic rings. The number of nitrogens with zero attached hydrogens (tertiary/aromatic N) is 2. The topological polar surface area (TPSA) is 64.1 Å². The predicted molar refractivity (Wildman–Crippen MR) is 75.2 cm³/mol. The number of halogens is 1. The Hall–Kier alpha value is -1.36. The summed E-state index contributed by atoms with van der Waals surface area (Å²) in [7, 11) is 0. The molecule has 1 aromatic heterocycles. The highest BCUT2D eigenvalue weighted by Crippen LogP contribution is 2.22. The van der Waals surface area contributed by atoms with Gasteiger partial charge in [0, 0.05) is 6.20 Å². The van der Waals surface area contributed by atoms with Crippen LogP contribution in [-0.4, -0.2) is 27.1 Å². The van der Waals surface area contributed by atoms with E-state index < -0.39 is 11.1 Å². The summed E-state index contributed by atoms with van der Waals surface area (Å²) in [5.41, 5.74) is -1.39. The van der Waals surface area contributed by atoms with E-state index in [2.05, 4.69) is 15.3 Å². The summed E-state index contributed by atoms with van der Waals surface area (Å²) in [4.78, 5) is 20.1. The van der Waals surface area contributed by atoms with Gasteiger partial charge in [0.2, 0.25) is 5.28 Å². The fraction of sp³-hybridized carbons (Fsp3) is 0.615. The summed E-state index contributed by atoms with van der Waals surface area (Å²) >= 11 is 5.72. The van der Waals surface area contributed by atoms with Crippen molar-refractivity contribution in [2.24, 2.45) is 0 Å². The number of nitrogens with one attached hydrogen (secondary N) is 1. The van der Waals surface area contributed by atoms with Crippen molar-refractivity contribution in [3.05, 3.63) is 17.5 Å². The average molecular weight is 286 g/mol. The lowest BCUT2D eigenvalue weighted by atomic mass is 9.98. The molecule has 0 aliphatic rings. The van der Waals surface area contributed by atoms with Gasteiger partial charge in [-0.25, -0.2) is 14.8 Å². The number of carbonyl (C=O) groups excluding carboxylic acids is 1. The normalized spacial score (nSPS) is 14.6. The summed E-state index contributed by atoms with van der Waals surface area (Å²) in [5, 5.41) is 3.19. The standard InChI is InChI=1S/C13H20ClN3O2/c1-6-13(5,10(18)19-12(2,3)4)17-9-7-8-15-11(14)16-9/h7-8H,6H2,1-5H3,(H,15,16,17). The van der Waals surface area contributed by atoms with E-state index in [4.69, 9.17) is 16.3 Å². The van der Waals surface area contributed by atoms with E-state index in [0.717, 1.165) is 0 Å². The number of aromatic nitrogens is 2. The first kappa shape index (κ1) is 15.7. The van der Waals surface area contributed by atoms with Crippen molar-refractivity contribution in [3.63, 3.8) is 0 Å². The van der Waals surface area contributed by atoms with Gasteiger partial charge < -0.3 is 10.1 Å². The Kier molecular flexibility index (Phi) is 4.74. The average Bonchev–Trinajstić information content (AvgIpc) is 2.26. The summed E-state index contributed by atoms with van der Waals surface area (Å²) < 4.78 is 5.42. The quantitative estimate of drug-likeness (QED) is 0.680. The highest BCUT2D eigenvalue weighted by molar-refractivity contribution is 6.28. The molecule has 6 heteroatoms. The Morgan fingerprint density at radius 2 is 2.05 bits per heavy atom. The SMILES string of the molecule is CCC(C)(Nc1ccnc(Cl)n1)C(=O)OC(C)(C)C. The second-order valence-corrected chi connectivity index (χ2v) is 5.86. The molecule has 0 saturated carbocycles. The van der Waals surface area contributed by atoms with Crippen LogP contribution in [0.1, 0.15) is 41.0 Å². The van der Waals surface area contributed by atoms with Crippen molar-refractivity contribution in [1.29, 1.82) is 0 Å². The summed E-state index contributed by atoms with van der Waals surface area (Å²) in [6, 6.07) is 1.66. The fourth-order valence-electron chi connectivity index (χ4n) is 1.36. The van der Waals surface area contributed by atoms with Gasteiger partial charge in [0.25, 0.3) is 0 Å². The van der Waals surface area contributed by atoms with E-state index in [1.54, 1.807) is 13.0 Å². The molecular weight excluding hydrogens is 266 g/mol. The van der Waals surface area contributed by atoms with Crippen molar-refractivity contribution in [1.82, 2.24) is 9.97 Å². The van der Waals surface area contributed by atoms with Crippen LogP contribution in [0.2, 0.25) is 5.28 Å². The van der Waals surface area contributed by atoms with Crippen LogP contribution in [0.25, 0.3) is 0 Å². The zero-order valence-corrected chi connectivity index (χ0v) is 12.7. The maximum absolute atomic E-state index is 12.2. The molecule has 0 aliphatic heterocycles. The molecule has 0 saturated heterocycles. The molecule has 5 nitrogen and oxygen atoms in total. The Balaban J connectivity index is 2.89. The number of rotatable bonds is 4. The maximum Gasteiger partial charge on any atom is 0.332 e. The molecule has 1 rings (SSSR count). The first-order chi connectivity index (χ1) is 8.66. The molecule has 1 N–H and O–H groups in total. The second kappa shape index (κ2) is 5.74. The third kappa shape index (κ3) is 4.67. The van der Waals surface area contributed by atoms with Crippen molar-refractivity contribution in [3.8, 4) is 0 Å². The van der Waals surface area contributed by atoms with Crippen LogP contribution in [-0.2, 0) is 9.53 Å². The van der Waals surface area contributed by atoms with Crippen molar-refractivity contribution >= 4 is 23.4 Å². The molecule has 0 amide bonds. The van der Waals surface area contributed by atoms with Crippen LogP contribution in [0, 0.1) is 0 Å². The predicted octanol–water partition coefficient (Wildman–Crippen LogP) is 3.05. The molecule has 0 aliphatic carbocycles. The highest BCUT2D eigenvalue weighted by Gasteiger charge is 2.35. The van der Waals surface area contributed by atoms with Gasteiger partial charge in [-0.15, -0.1) is 0 Å². The molecule has 106 valence electrons. The molecule has 1 atom stereocenters. The molecule has 0 bridgehead atoms. The van der Waals surface area contributed by atoms with Crippen molar-refractivity contribution < 1.29 is 9.53 Å². The van der Waals surface area contributed by atoms with Gasteiger partial charge in [-0.2, -0.15) is 0 Å². The number of hydrogen-bond acceptors (Lipinski definition) is 5. The molecular formula is C13H20ClN3O2. The number of esters is 1. The molecule has 0 fully saturated rings. The van der Waals surface area contributed by atoms with E-state index in [0.29, 0.717) is 12.2 Å². The van der Waals surface area contributed by atoms with Crippen molar-refractivity contribution in [2.45, 2.75) is 52.2 Å². The van der Waals surface area contributed by atoms with Crippen LogP contribution in [0.4, 0.5) is 5.82 Å². The summed E-state index contributed by atoms with van der Waals surface area (Å²) in [5.74, 6) is 0.174. The van der Waals surface area contributed by atoms with Crippen LogP contribution < -0.4 is 5.32 Å². The van der Waals surface area contributed by atoms with E-state index in [-0.39, 0.29) is 11.3 Å². The fourth-order valence-corrected chi connectivity index (χ4v) is 1.51. The Morgan fingerprint density at radius 1 is 1.42 bits per heavy atom. The first-order valence-electron chi connectivity index (χ1n) is 6.16. The van der Waals surface area contributed by atoms with Crippen LogP contribution in [0.3, 0.4) is 0 Å². The molecule has 1 heterocycles. The van der Waals surface area contributed by atoms with E-state index in [1.807, 2.05) is 27.7 Å². The summed E-state index contributed by atoms with van der Waals surface area (Å²) in [6.07, 6.45) is 2.09. The van der Waals surface area contributed by atoms with Gasteiger partial charge in [0.15, 0.2) is 0 Å². The molecule has 0 radical (unpaired) electrons. The zero-order valence-electron chi connectivity index (χ0n) is 12.0. The zero-order chi connectivity index (χ0) is 14.7. The molecule has 19 heavy (non-hydrogen) atoms. The van der Waals surface area contributed by atoms with Gasteiger partial charge in [-0.3, -0.25) is 0 Å². The number of carbonyl (C=O) groups is 1. The number of hydrogen-bond donors (Lipinski definition) is 1. The third-order valence-electron chi connectivity index (χ3n) is 2.59. The largest absolute Gasteiger partial charge is 0.458 e. The van der Waals surface area contributed by atoms with Gasteiger partial charge in [-0.1, -0.05) is 6.92 Å². The first-order valence-corrected chi connectivity index (χ1v) is 6.54. The minimum atomic E-state index is -0.856. The highest BCUT2D eigenvalue weighted by atomic mass is 35.5. The van der Waals surface area contributed by atoms with Crippen LogP contribution in [0.5, 0.6) is 0 Å². The monoisotopic (exact) mass is 285 g/mol. The Morgan fingerprint density at radius 3 is 2.53 bits per heavy atom. The summed E-state index contributed by atoms with van der Waals surface area (Å²) in [6.45, 7) is 9.18. The minimum absolute atomic E-state index is 0.132. The van der Waals surface area contributed by atoms with Gasteiger partial charge in [-0.05, 0) is 51.8 Å². The lowest BCUT2D eigenvalue weighted by Crippen LogP contribution is -2.47. The Labute approximate surface area is 118 Å².